The summed E-state index contributed by atoms with van der Waals surface area (Å²) in [7, 11) is 1.96. The topological polar surface area (TPSA) is 24.9 Å². The third kappa shape index (κ3) is 2.51. The van der Waals surface area contributed by atoms with Crippen molar-refractivity contribution in [3.63, 3.8) is 0 Å². The van der Waals surface area contributed by atoms with E-state index >= 15 is 0 Å². The number of hydrogen-bond donors (Lipinski definition) is 1. The van der Waals surface area contributed by atoms with E-state index in [0.29, 0.717) is 6.04 Å². The molecule has 0 radical (unpaired) electrons. The molecule has 3 heteroatoms. The van der Waals surface area contributed by atoms with Gasteiger partial charge in [0.15, 0.2) is 0 Å². The highest BCUT2D eigenvalue weighted by atomic mass is 32.1. The van der Waals surface area contributed by atoms with E-state index in [1.54, 1.807) is 11.3 Å². The number of nitrogens with zero attached hydrogens (tertiary/aromatic N) is 1. The van der Waals surface area contributed by atoms with Gasteiger partial charge in [0.05, 0.1) is 10.7 Å². The van der Waals surface area contributed by atoms with Crippen molar-refractivity contribution in [2.45, 2.75) is 39.2 Å². The summed E-state index contributed by atoms with van der Waals surface area (Å²) in [5, 5.41) is 6.54. The van der Waals surface area contributed by atoms with Crippen molar-refractivity contribution in [2.75, 3.05) is 7.05 Å². The summed E-state index contributed by atoms with van der Waals surface area (Å²) >= 11 is 1.75. The van der Waals surface area contributed by atoms with Crippen LogP contribution in [0.25, 0.3) is 0 Å². The lowest BCUT2D eigenvalue weighted by molar-refractivity contribution is 0.572. The second-order valence-electron chi connectivity index (χ2n) is 4.34. The molecule has 0 aliphatic carbocycles. The molecule has 74 valence electrons. The molecule has 0 amide bonds. The molecule has 0 spiro atoms. The van der Waals surface area contributed by atoms with Gasteiger partial charge in [-0.05, 0) is 14.0 Å². The van der Waals surface area contributed by atoms with Gasteiger partial charge in [-0.3, -0.25) is 0 Å². The fourth-order valence-electron chi connectivity index (χ4n) is 0.977. The van der Waals surface area contributed by atoms with Crippen molar-refractivity contribution < 1.29 is 0 Å². The molecule has 13 heavy (non-hydrogen) atoms. The second kappa shape index (κ2) is 3.76. The van der Waals surface area contributed by atoms with Crippen molar-refractivity contribution in [2.24, 2.45) is 0 Å². The van der Waals surface area contributed by atoms with E-state index in [-0.39, 0.29) is 5.41 Å². The fourth-order valence-corrected chi connectivity index (χ4v) is 1.98. The molecule has 0 aliphatic heterocycles. The molecule has 1 rings (SSSR count). The summed E-state index contributed by atoms with van der Waals surface area (Å²) in [5.41, 5.74) is 1.33. The van der Waals surface area contributed by atoms with Crippen LogP contribution in [0.4, 0.5) is 0 Å². The predicted octanol–water partition coefficient (Wildman–Crippen LogP) is 2.72. The van der Waals surface area contributed by atoms with E-state index in [0.717, 1.165) is 5.69 Å². The van der Waals surface area contributed by atoms with Crippen molar-refractivity contribution in [3.8, 4) is 0 Å². The number of rotatable bonds is 2. The molecule has 1 atom stereocenters. The van der Waals surface area contributed by atoms with Crippen molar-refractivity contribution >= 4 is 11.3 Å². The molecule has 0 fully saturated rings. The summed E-state index contributed by atoms with van der Waals surface area (Å²) in [4.78, 5) is 4.61. The van der Waals surface area contributed by atoms with Gasteiger partial charge in [0.25, 0.3) is 0 Å². The smallest absolute Gasteiger partial charge is 0.0982 e. The van der Waals surface area contributed by atoms with Crippen LogP contribution in [0.2, 0.25) is 0 Å². The van der Waals surface area contributed by atoms with Crippen LogP contribution in [0.3, 0.4) is 0 Å². The Hall–Kier alpha value is -0.410. The molecule has 2 nitrogen and oxygen atoms in total. The summed E-state index contributed by atoms with van der Waals surface area (Å²) in [6.45, 7) is 8.71. The Balaban J connectivity index is 2.87. The van der Waals surface area contributed by atoms with Crippen LogP contribution in [0.15, 0.2) is 5.38 Å². The highest BCUT2D eigenvalue weighted by Gasteiger charge is 2.19. The molecule has 1 aromatic heterocycles. The van der Waals surface area contributed by atoms with Crippen LogP contribution in [0.5, 0.6) is 0 Å². The summed E-state index contributed by atoms with van der Waals surface area (Å²) in [6.07, 6.45) is 0. The molecular weight excluding hydrogens is 180 g/mol. The molecule has 0 saturated carbocycles. The largest absolute Gasteiger partial charge is 0.312 e. The maximum absolute atomic E-state index is 4.61. The molecule has 0 bridgehead atoms. The van der Waals surface area contributed by atoms with E-state index < -0.39 is 0 Å². The Morgan fingerprint density at radius 2 is 2.08 bits per heavy atom. The first-order chi connectivity index (χ1) is 5.95. The van der Waals surface area contributed by atoms with E-state index in [1.165, 1.54) is 5.01 Å². The Morgan fingerprint density at radius 1 is 1.46 bits per heavy atom. The molecule has 1 N–H and O–H groups in total. The predicted molar refractivity (Wildman–Crippen MR) is 58.3 cm³/mol. The van der Waals surface area contributed by atoms with Crippen LogP contribution in [-0.2, 0) is 5.41 Å². The van der Waals surface area contributed by atoms with E-state index in [2.05, 4.69) is 43.4 Å². The maximum Gasteiger partial charge on any atom is 0.0982 e. The lowest BCUT2D eigenvalue weighted by Gasteiger charge is -2.14. The minimum Gasteiger partial charge on any atom is -0.312 e. The summed E-state index contributed by atoms with van der Waals surface area (Å²) in [5.74, 6) is 0. The first-order valence-electron chi connectivity index (χ1n) is 4.58. The highest BCUT2D eigenvalue weighted by Crippen LogP contribution is 2.27. The third-order valence-corrected chi connectivity index (χ3v) is 3.33. The fraction of sp³-hybridized carbons (Fsp3) is 0.700. The Kier molecular flexibility index (Phi) is 3.09. The quantitative estimate of drug-likeness (QED) is 0.790. The zero-order valence-electron chi connectivity index (χ0n) is 9.01. The van der Waals surface area contributed by atoms with Crippen LogP contribution >= 0.6 is 11.3 Å². The average Bonchev–Trinajstić information content (AvgIpc) is 2.50. The van der Waals surface area contributed by atoms with Gasteiger partial charge >= 0.3 is 0 Å². The number of thiazole rings is 1. The van der Waals surface area contributed by atoms with E-state index in [4.69, 9.17) is 0 Å². The highest BCUT2D eigenvalue weighted by molar-refractivity contribution is 7.09. The monoisotopic (exact) mass is 198 g/mol. The van der Waals surface area contributed by atoms with Gasteiger partial charge in [0.1, 0.15) is 0 Å². The lowest BCUT2D eigenvalue weighted by Crippen LogP contribution is -2.14. The minimum absolute atomic E-state index is 0.177. The lowest BCUT2D eigenvalue weighted by atomic mass is 9.98. The molecular formula is C10H18N2S. The second-order valence-corrected chi connectivity index (χ2v) is 5.20. The normalized spacial score (nSPS) is 14.5. The third-order valence-electron chi connectivity index (χ3n) is 2.04. The molecule has 0 aliphatic rings. The number of aromatic nitrogens is 1. The van der Waals surface area contributed by atoms with Gasteiger partial charge in [-0.15, -0.1) is 11.3 Å². The number of hydrogen-bond acceptors (Lipinski definition) is 3. The SMILES string of the molecule is CNC(C)c1csc(C(C)(C)C)n1. The van der Waals surface area contributed by atoms with Crippen LogP contribution in [-0.4, -0.2) is 12.0 Å². The van der Waals surface area contributed by atoms with E-state index in [9.17, 15) is 0 Å². The Morgan fingerprint density at radius 3 is 2.46 bits per heavy atom. The van der Waals surface area contributed by atoms with Gasteiger partial charge in [-0.25, -0.2) is 4.98 Å². The molecule has 1 heterocycles. The van der Waals surface area contributed by atoms with Crippen LogP contribution < -0.4 is 5.32 Å². The first kappa shape index (κ1) is 10.7. The van der Waals surface area contributed by atoms with Crippen LogP contribution in [0, 0.1) is 0 Å². The maximum atomic E-state index is 4.61. The Bertz CT molecular complexity index is 273. The average molecular weight is 198 g/mol. The van der Waals surface area contributed by atoms with Gasteiger partial charge in [0.2, 0.25) is 0 Å². The minimum atomic E-state index is 0.177. The zero-order chi connectivity index (χ0) is 10.1. The summed E-state index contributed by atoms with van der Waals surface area (Å²) < 4.78 is 0. The van der Waals surface area contributed by atoms with Gasteiger partial charge in [0, 0.05) is 16.8 Å². The van der Waals surface area contributed by atoms with Crippen molar-refractivity contribution in [1.29, 1.82) is 0 Å². The first-order valence-corrected chi connectivity index (χ1v) is 5.46. The Labute approximate surface area is 84.4 Å². The molecule has 1 aromatic rings. The molecule has 1 unspecified atom stereocenters. The van der Waals surface area contributed by atoms with Gasteiger partial charge in [-0.2, -0.15) is 0 Å². The zero-order valence-corrected chi connectivity index (χ0v) is 9.83. The van der Waals surface area contributed by atoms with Crippen LogP contribution in [0.1, 0.15) is 44.4 Å². The standard InChI is InChI=1S/C10H18N2S/c1-7(11-5)8-6-13-9(12-8)10(2,3)4/h6-7,11H,1-5H3. The molecule has 0 saturated heterocycles. The van der Waals surface area contributed by atoms with Gasteiger partial charge in [-0.1, -0.05) is 20.8 Å². The number of nitrogens with one attached hydrogen (secondary N) is 1. The van der Waals surface area contributed by atoms with Crippen molar-refractivity contribution in [3.05, 3.63) is 16.1 Å². The summed E-state index contributed by atoms with van der Waals surface area (Å²) in [6, 6.07) is 0.354. The van der Waals surface area contributed by atoms with E-state index in [1.807, 2.05) is 7.05 Å². The molecule has 0 aromatic carbocycles. The van der Waals surface area contributed by atoms with Crippen molar-refractivity contribution in [1.82, 2.24) is 10.3 Å². The van der Waals surface area contributed by atoms with Gasteiger partial charge < -0.3 is 5.32 Å².